The summed E-state index contributed by atoms with van der Waals surface area (Å²) in [5.74, 6) is 0.328. The van der Waals surface area contributed by atoms with Crippen LogP contribution in [0.3, 0.4) is 0 Å². The maximum atomic E-state index is 12.3. The molecule has 0 saturated carbocycles. The van der Waals surface area contributed by atoms with Gasteiger partial charge in [0.1, 0.15) is 6.54 Å². The highest BCUT2D eigenvalue weighted by Gasteiger charge is 2.14. The Hall–Kier alpha value is -1.92. The third kappa shape index (κ3) is 4.30. The molecule has 1 aromatic heterocycles. The van der Waals surface area contributed by atoms with Crippen LogP contribution in [0, 0.1) is 5.92 Å². The van der Waals surface area contributed by atoms with E-state index in [0.29, 0.717) is 23.4 Å². The lowest BCUT2D eigenvalue weighted by molar-refractivity contribution is -0.121. The number of piperidine rings is 1. The molecule has 1 atom stereocenters. The van der Waals surface area contributed by atoms with Gasteiger partial charge in [-0.15, -0.1) is 12.4 Å². The molecule has 1 aromatic carbocycles. The van der Waals surface area contributed by atoms with Gasteiger partial charge in [-0.25, -0.2) is 4.98 Å². The van der Waals surface area contributed by atoms with E-state index in [4.69, 9.17) is 0 Å². The Balaban J connectivity index is 0.00000192. The minimum Gasteiger partial charge on any atom is -0.354 e. The second-order valence-corrected chi connectivity index (χ2v) is 5.71. The molecule has 1 aliphatic heterocycles. The molecule has 7 heteroatoms. The van der Waals surface area contributed by atoms with Crippen LogP contribution in [0.1, 0.15) is 12.8 Å². The number of halogens is 1. The van der Waals surface area contributed by atoms with Crippen LogP contribution in [0.25, 0.3) is 10.9 Å². The molecule has 1 aliphatic rings. The zero-order valence-electron chi connectivity index (χ0n) is 12.8. The fourth-order valence-electron chi connectivity index (χ4n) is 2.79. The van der Waals surface area contributed by atoms with Crippen LogP contribution in [0.15, 0.2) is 35.4 Å². The highest BCUT2D eigenvalue weighted by Crippen LogP contribution is 2.08. The number of carbonyl (C=O) groups is 1. The Bertz CT molecular complexity index is 725. The van der Waals surface area contributed by atoms with Crippen LogP contribution in [-0.4, -0.2) is 35.1 Å². The van der Waals surface area contributed by atoms with Crippen molar-refractivity contribution in [3.05, 3.63) is 40.9 Å². The third-order valence-corrected chi connectivity index (χ3v) is 4.03. The maximum absolute atomic E-state index is 12.3. The van der Waals surface area contributed by atoms with Gasteiger partial charge in [-0.1, -0.05) is 12.1 Å². The van der Waals surface area contributed by atoms with Crippen molar-refractivity contribution in [2.45, 2.75) is 19.4 Å². The summed E-state index contributed by atoms with van der Waals surface area (Å²) in [4.78, 5) is 28.5. The van der Waals surface area contributed by atoms with Crippen LogP contribution < -0.4 is 16.2 Å². The minimum absolute atomic E-state index is 0. The predicted molar refractivity (Wildman–Crippen MR) is 91.9 cm³/mol. The molecule has 0 aliphatic carbocycles. The molecule has 1 unspecified atom stereocenters. The molecule has 1 amide bonds. The van der Waals surface area contributed by atoms with Crippen LogP contribution in [0.5, 0.6) is 0 Å². The van der Waals surface area contributed by atoms with E-state index in [0.717, 1.165) is 25.9 Å². The van der Waals surface area contributed by atoms with E-state index in [2.05, 4.69) is 15.6 Å². The topological polar surface area (TPSA) is 76.0 Å². The molecule has 3 rings (SSSR count). The van der Waals surface area contributed by atoms with E-state index < -0.39 is 0 Å². The van der Waals surface area contributed by atoms with Gasteiger partial charge < -0.3 is 10.6 Å². The van der Waals surface area contributed by atoms with Gasteiger partial charge in [0, 0.05) is 6.54 Å². The fourth-order valence-corrected chi connectivity index (χ4v) is 2.79. The number of nitrogens with zero attached hydrogens (tertiary/aromatic N) is 2. The summed E-state index contributed by atoms with van der Waals surface area (Å²) < 4.78 is 1.36. The SMILES string of the molecule is Cl.O=C(Cn1cnc2ccccc2c1=O)NCC1CCCNC1. The maximum Gasteiger partial charge on any atom is 0.261 e. The molecular formula is C16H21ClN4O2. The van der Waals surface area contributed by atoms with Crippen LogP contribution in [-0.2, 0) is 11.3 Å². The lowest BCUT2D eigenvalue weighted by atomic mass is 10.00. The summed E-state index contributed by atoms with van der Waals surface area (Å²) in [6.45, 7) is 2.67. The first-order valence-corrected chi connectivity index (χ1v) is 7.65. The first kappa shape index (κ1) is 17.4. The van der Waals surface area contributed by atoms with Crippen LogP contribution in [0.2, 0.25) is 0 Å². The summed E-state index contributed by atoms with van der Waals surface area (Å²) in [6.07, 6.45) is 3.71. The van der Waals surface area contributed by atoms with Gasteiger partial charge in [-0.3, -0.25) is 14.2 Å². The second kappa shape index (κ2) is 8.08. The summed E-state index contributed by atoms with van der Waals surface area (Å²) >= 11 is 0. The van der Waals surface area contributed by atoms with Crippen molar-refractivity contribution in [2.75, 3.05) is 19.6 Å². The van der Waals surface area contributed by atoms with Crippen molar-refractivity contribution in [3.63, 3.8) is 0 Å². The molecule has 2 heterocycles. The van der Waals surface area contributed by atoms with Gasteiger partial charge in [0.05, 0.1) is 17.2 Å². The second-order valence-electron chi connectivity index (χ2n) is 5.71. The Morgan fingerprint density at radius 3 is 3.00 bits per heavy atom. The van der Waals surface area contributed by atoms with Gasteiger partial charge in [0.2, 0.25) is 5.91 Å². The van der Waals surface area contributed by atoms with Crippen LogP contribution >= 0.6 is 12.4 Å². The molecule has 2 aromatic rings. The van der Waals surface area contributed by atoms with Crippen molar-refractivity contribution >= 4 is 29.2 Å². The van der Waals surface area contributed by atoms with Gasteiger partial charge in [-0.2, -0.15) is 0 Å². The van der Waals surface area contributed by atoms with E-state index in [1.807, 2.05) is 6.07 Å². The van der Waals surface area contributed by atoms with Crippen LogP contribution in [0.4, 0.5) is 0 Å². The van der Waals surface area contributed by atoms with Crippen molar-refractivity contribution in [2.24, 2.45) is 5.92 Å². The first-order valence-electron chi connectivity index (χ1n) is 7.65. The molecule has 6 nitrogen and oxygen atoms in total. The summed E-state index contributed by atoms with van der Waals surface area (Å²) in [6, 6.07) is 7.15. The fraction of sp³-hybridized carbons (Fsp3) is 0.438. The third-order valence-electron chi connectivity index (χ3n) is 4.03. The quantitative estimate of drug-likeness (QED) is 0.871. The minimum atomic E-state index is -0.180. The molecular weight excluding hydrogens is 316 g/mol. The molecule has 2 N–H and O–H groups in total. The summed E-state index contributed by atoms with van der Waals surface area (Å²) in [7, 11) is 0. The van der Waals surface area contributed by atoms with E-state index >= 15 is 0 Å². The molecule has 23 heavy (non-hydrogen) atoms. The monoisotopic (exact) mass is 336 g/mol. The van der Waals surface area contributed by atoms with Gasteiger partial charge in [0.15, 0.2) is 0 Å². The Labute approximate surface area is 140 Å². The molecule has 1 saturated heterocycles. The van der Waals surface area contributed by atoms with Crippen molar-refractivity contribution < 1.29 is 4.79 Å². The predicted octanol–water partition coefficient (Wildman–Crippen LogP) is 0.934. The zero-order valence-corrected chi connectivity index (χ0v) is 13.6. The van der Waals surface area contributed by atoms with Crippen molar-refractivity contribution in [1.82, 2.24) is 20.2 Å². The highest BCUT2D eigenvalue weighted by molar-refractivity contribution is 5.85. The standard InChI is InChI=1S/C16H20N4O2.ClH/c21-15(18-9-12-4-3-7-17-8-12)10-20-11-19-14-6-2-1-5-13(14)16(20)22;/h1-2,5-6,11-12,17H,3-4,7-10H2,(H,18,21);1H. The van der Waals surface area contributed by atoms with Gasteiger partial charge in [0.25, 0.3) is 5.56 Å². The largest absolute Gasteiger partial charge is 0.354 e. The average Bonchev–Trinajstić information content (AvgIpc) is 2.57. The van der Waals surface area contributed by atoms with Crippen molar-refractivity contribution in [1.29, 1.82) is 0 Å². The molecule has 0 radical (unpaired) electrons. The number of para-hydroxylation sites is 1. The number of hydrogen-bond donors (Lipinski definition) is 2. The zero-order chi connectivity index (χ0) is 15.4. The molecule has 1 fully saturated rings. The number of aromatic nitrogens is 2. The van der Waals surface area contributed by atoms with Crippen molar-refractivity contribution in [3.8, 4) is 0 Å². The first-order chi connectivity index (χ1) is 10.7. The number of carbonyl (C=O) groups excluding carboxylic acids is 1. The van der Waals surface area contributed by atoms with Gasteiger partial charge in [-0.05, 0) is 44.0 Å². The smallest absolute Gasteiger partial charge is 0.261 e. The molecule has 124 valence electrons. The highest BCUT2D eigenvalue weighted by atomic mass is 35.5. The normalized spacial score (nSPS) is 17.5. The molecule has 0 bridgehead atoms. The number of nitrogens with one attached hydrogen (secondary N) is 2. The number of fused-ring (bicyclic) bond motifs is 1. The average molecular weight is 337 g/mol. The number of amides is 1. The summed E-state index contributed by atoms with van der Waals surface area (Å²) in [5.41, 5.74) is 0.470. The lowest BCUT2D eigenvalue weighted by Gasteiger charge is -2.22. The Morgan fingerprint density at radius 1 is 1.39 bits per heavy atom. The van der Waals surface area contributed by atoms with E-state index in [-0.39, 0.29) is 30.4 Å². The number of hydrogen-bond acceptors (Lipinski definition) is 4. The summed E-state index contributed by atoms with van der Waals surface area (Å²) in [5, 5.41) is 6.77. The van der Waals surface area contributed by atoms with E-state index in [1.165, 1.54) is 10.9 Å². The Kier molecular flexibility index (Phi) is 6.12. The molecule has 0 spiro atoms. The number of rotatable bonds is 4. The number of benzene rings is 1. The Morgan fingerprint density at radius 2 is 2.22 bits per heavy atom. The van der Waals surface area contributed by atoms with E-state index in [1.54, 1.807) is 18.2 Å². The lowest BCUT2D eigenvalue weighted by Crippen LogP contribution is -2.40. The van der Waals surface area contributed by atoms with Gasteiger partial charge >= 0.3 is 0 Å². The van der Waals surface area contributed by atoms with E-state index in [9.17, 15) is 9.59 Å².